The largest absolute Gasteiger partial charge is 0.471 e. The molecule has 0 aromatic carbocycles. The number of nitrogens with zero attached hydrogens (tertiary/aromatic N) is 1. The van der Waals surface area contributed by atoms with Gasteiger partial charge in [-0.15, -0.1) is 11.3 Å². The van der Waals surface area contributed by atoms with Gasteiger partial charge in [0.1, 0.15) is 0 Å². The first-order valence-electron chi connectivity index (χ1n) is 4.60. The molecule has 17 heavy (non-hydrogen) atoms. The third kappa shape index (κ3) is 2.12. The number of carbonyl (C=O) groups is 1. The Kier molecular flexibility index (Phi) is 2.82. The van der Waals surface area contributed by atoms with Crippen LogP contribution < -0.4 is 5.32 Å². The molecule has 1 aromatic rings. The van der Waals surface area contributed by atoms with Crippen molar-refractivity contribution in [2.24, 2.45) is 5.16 Å². The van der Waals surface area contributed by atoms with E-state index in [-0.39, 0.29) is 6.42 Å². The van der Waals surface area contributed by atoms with Crippen molar-refractivity contribution < 1.29 is 23.2 Å². The van der Waals surface area contributed by atoms with Crippen LogP contribution in [0.2, 0.25) is 0 Å². The van der Waals surface area contributed by atoms with Crippen LogP contribution in [0.5, 0.6) is 0 Å². The highest BCUT2D eigenvalue weighted by Crippen LogP contribution is 2.35. The Labute approximate surface area is 97.7 Å². The second-order valence-corrected chi connectivity index (χ2v) is 4.40. The fraction of sp³-hybridized carbons (Fsp3) is 0.333. The number of amides is 1. The number of nitrogens with one attached hydrogen (secondary N) is 1. The van der Waals surface area contributed by atoms with E-state index in [1.54, 1.807) is 11.4 Å². The molecule has 2 rings (SSSR count). The number of hydrogen-bond acceptors (Lipinski definition) is 4. The molecule has 1 aliphatic rings. The van der Waals surface area contributed by atoms with Crippen LogP contribution in [0.15, 0.2) is 16.6 Å². The Hall–Kier alpha value is -1.57. The predicted octanol–water partition coefficient (Wildman–Crippen LogP) is 2.05. The standard InChI is InChI=1S/C9H7F3N2O2S/c10-9(11,12)8(15)13-5-3-6(14-16)7-4(5)1-2-17-7/h1-2,5,16H,3H2,(H,13,15)/b14-6-/t5-/m1/s1. The molecule has 1 amide bonds. The Morgan fingerprint density at radius 1 is 1.59 bits per heavy atom. The minimum Gasteiger partial charge on any atom is -0.411 e. The molecule has 0 aliphatic heterocycles. The zero-order chi connectivity index (χ0) is 12.6. The maximum absolute atomic E-state index is 12.1. The van der Waals surface area contributed by atoms with E-state index in [1.165, 1.54) is 11.3 Å². The molecule has 0 radical (unpaired) electrons. The van der Waals surface area contributed by atoms with Crippen LogP contribution in [-0.4, -0.2) is 23.0 Å². The highest BCUT2D eigenvalue weighted by atomic mass is 32.1. The monoisotopic (exact) mass is 264 g/mol. The van der Waals surface area contributed by atoms with Gasteiger partial charge in [0.25, 0.3) is 0 Å². The number of fused-ring (bicyclic) bond motifs is 1. The van der Waals surface area contributed by atoms with Gasteiger partial charge in [-0.2, -0.15) is 13.2 Å². The van der Waals surface area contributed by atoms with Gasteiger partial charge in [0.2, 0.25) is 0 Å². The predicted molar refractivity (Wildman–Crippen MR) is 54.2 cm³/mol. The lowest BCUT2D eigenvalue weighted by atomic mass is 10.2. The zero-order valence-electron chi connectivity index (χ0n) is 8.28. The highest BCUT2D eigenvalue weighted by Gasteiger charge is 2.41. The molecule has 2 N–H and O–H groups in total. The van der Waals surface area contributed by atoms with Gasteiger partial charge < -0.3 is 10.5 Å². The fourth-order valence-electron chi connectivity index (χ4n) is 1.68. The second-order valence-electron chi connectivity index (χ2n) is 3.48. The number of alkyl halides is 3. The summed E-state index contributed by atoms with van der Waals surface area (Å²) in [6.07, 6.45) is -4.84. The van der Waals surface area contributed by atoms with E-state index in [2.05, 4.69) is 5.16 Å². The lowest BCUT2D eigenvalue weighted by Gasteiger charge is -2.13. The lowest BCUT2D eigenvalue weighted by molar-refractivity contribution is -0.174. The molecule has 0 fully saturated rings. The van der Waals surface area contributed by atoms with Crippen molar-refractivity contribution in [1.29, 1.82) is 0 Å². The number of rotatable bonds is 1. The van der Waals surface area contributed by atoms with Gasteiger partial charge in [-0.1, -0.05) is 5.16 Å². The smallest absolute Gasteiger partial charge is 0.411 e. The van der Waals surface area contributed by atoms with Crippen molar-refractivity contribution in [3.63, 3.8) is 0 Å². The maximum atomic E-state index is 12.1. The Morgan fingerprint density at radius 2 is 2.29 bits per heavy atom. The van der Waals surface area contributed by atoms with Crippen molar-refractivity contribution in [3.8, 4) is 0 Å². The Bertz CT molecular complexity index is 481. The molecule has 0 unspecified atom stereocenters. The van der Waals surface area contributed by atoms with Gasteiger partial charge in [0.05, 0.1) is 16.6 Å². The Morgan fingerprint density at radius 3 is 2.88 bits per heavy atom. The van der Waals surface area contributed by atoms with Gasteiger partial charge >= 0.3 is 12.1 Å². The Balaban J connectivity index is 2.19. The second kappa shape index (κ2) is 4.02. The molecule has 0 saturated carbocycles. The molecule has 1 aromatic heterocycles. The molecular weight excluding hydrogens is 257 g/mol. The van der Waals surface area contributed by atoms with E-state index in [9.17, 15) is 18.0 Å². The van der Waals surface area contributed by atoms with Crippen LogP contribution in [0.25, 0.3) is 0 Å². The van der Waals surface area contributed by atoms with E-state index >= 15 is 0 Å². The van der Waals surface area contributed by atoms with E-state index in [4.69, 9.17) is 5.21 Å². The summed E-state index contributed by atoms with van der Waals surface area (Å²) < 4.78 is 36.3. The summed E-state index contributed by atoms with van der Waals surface area (Å²) in [7, 11) is 0. The van der Waals surface area contributed by atoms with Gasteiger partial charge in [-0.05, 0) is 17.0 Å². The van der Waals surface area contributed by atoms with Gasteiger partial charge in [0, 0.05) is 6.42 Å². The minimum absolute atomic E-state index is 0.0698. The molecule has 4 nitrogen and oxygen atoms in total. The van der Waals surface area contributed by atoms with Crippen LogP contribution in [0, 0.1) is 0 Å². The SMILES string of the molecule is O=C(N[C@@H]1C/C(=N/O)c2sccc21)C(F)(F)F. The van der Waals surface area contributed by atoms with E-state index in [0.717, 1.165) is 0 Å². The van der Waals surface area contributed by atoms with Crippen molar-refractivity contribution >= 4 is 23.0 Å². The van der Waals surface area contributed by atoms with Crippen molar-refractivity contribution in [2.45, 2.75) is 18.6 Å². The normalized spacial score (nSPS) is 21.6. The molecule has 1 atom stereocenters. The first-order valence-corrected chi connectivity index (χ1v) is 5.48. The first kappa shape index (κ1) is 11.9. The highest BCUT2D eigenvalue weighted by molar-refractivity contribution is 7.12. The topological polar surface area (TPSA) is 61.7 Å². The molecule has 0 bridgehead atoms. The van der Waals surface area contributed by atoms with Gasteiger partial charge in [-0.25, -0.2) is 0 Å². The summed E-state index contributed by atoms with van der Waals surface area (Å²) in [4.78, 5) is 11.4. The quantitative estimate of drug-likeness (QED) is 0.602. The van der Waals surface area contributed by atoms with Crippen molar-refractivity contribution in [1.82, 2.24) is 5.32 Å². The molecule has 1 heterocycles. The van der Waals surface area contributed by atoms with Crippen LogP contribution in [0.1, 0.15) is 22.9 Å². The van der Waals surface area contributed by atoms with Crippen LogP contribution in [0.3, 0.4) is 0 Å². The fourth-order valence-corrected chi connectivity index (χ4v) is 2.64. The number of thiophene rings is 1. The van der Waals surface area contributed by atoms with Crippen LogP contribution >= 0.6 is 11.3 Å². The molecule has 8 heteroatoms. The van der Waals surface area contributed by atoms with Crippen LogP contribution in [0.4, 0.5) is 13.2 Å². The van der Waals surface area contributed by atoms with Gasteiger partial charge in [-0.3, -0.25) is 4.79 Å². The molecule has 92 valence electrons. The van der Waals surface area contributed by atoms with E-state index in [0.29, 0.717) is 16.2 Å². The molecule has 0 spiro atoms. The third-order valence-corrected chi connectivity index (χ3v) is 3.39. The zero-order valence-corrected chi connectivity index (χ0v) is 9.10. The number of halogens is 3. The average Bonchev–Trinajstić information content (AvgIpc) is 2.79. The number of carbonyl (C=O) groups excluding carboxylic acids is 1. The summed E-state index contributed by atoms with van der Waals surface area (Å²) in [5, 5.41) is 15.3. The molecular formula is C9H7F3N2O2S. The summed E-state index contributed by atoms with van der Waals surface area (Å²) in [5.74, 6) is -1.99. The summed E-state index contributed by atoms with van der Waals surface area (Å²) in [6.45, 7) is 0. The van der Waals surface area contributed by atoms with E-state index < -0.39 is 18.1 Å². The summed E-state index contributed by atoms with van der Waals surface area (Å²) >= 11 is 1.26. The number of hydrogen-bond donors (Lipinski definition) is 2. The third-order valence-electron chi connectivity index (χ3n) is 2.41. The van der Waals surface area contributed by atoms with Crippen molar-refractivity contribution in [3.05, 3.63) is 21.9 Å². The first-order chi connectivity index (χ1) is 7.93. The summed E-state index contributed by atoms with van der Waals surface area (Å²) in [6, 6.07) is 0.829. The van der Waals surface area contributed by atoms with Crippen molar-refractivity contribution in [2.75, 3.05) is 0 Å². The summed E-state index contributed by atoms with van der Waals surface area (Å²) in [5.41, 5.74) is 0.850. The van der Waals surface area contributed by atoms with Crippen LogP contribution in [-0.2, 0) is 4.79 Å². The van der Waals surface area contributed by atoms with E-state index in [1.807, 2.05) is 5.32 Å². The minimum atomic E-state index is -4.91. The van der Waals surface area contributed by atoms with Gasteiger partial charge in [0.15, 0.2) is 0 Å². The molecule has 0 saturated heterocycles. The number of oxime groups is 1. The maximum Gasteiger partial charge on any atom is 0.471 e. The molecule has 1 aliphatic carbocycles. The average molecular weight is 264 g/mol. The lowest BCUT2D eigenvalue weighted by Crippen LogP contribution is -2.38.